The van der Waals surface area contributed by atoms with E-state index in [2.05, 4.69) is 6.92 Å². The van der Waals surface area contributed by atoms with Crippen LogP contribution in [-0.2, 0) is 4.79 Å². The Labute approximate surface area is 64.0 Å². The summed E-state index contributed by atoms with van der Waals surface area (Å²) in [4.78, 5) is 10.7. The van der Waals surface area contributed by atoms with Crippen molar-refractivity contribution < 1.29 is 4.79 Å². The first-order valence-electron chi connectivity index (χ1n) is 2.97. The van der Waals surface area contributed by atoms with Gasteiger partial charge in [-0.2, -0.15) is 0 Å². The maximum Gasteiger partial charge on any atom is 0.152 e. The summed E-state index contributed by atoms with van der Waals surface area (Å²) < 4.78 is 0.236. The van der Waals surface area contributed by atoms with Gasteiger partial charge in [-0.25, -0.2) is 0 Å². The van der Waals surface area contributed by atoms with Gasteiger partial charge in [0.2, 0.25) is 0 Å². The van der Waals surface area contributed by atoms with Crippen molar-refractivity contribution in [2.24, 2.45) is 0 Å². The van der Waals surface area contributed by atoms with Crippen LogP contribution in [0.15, 0.2) is 0 Å². The van der Waals surface area contributed by atoms with E-state index in [9.17, 15) is 4.79 Å². The lowest BCUT2D eigenvalue weighted by molar-refractivity contribution is -0.115. The standard InChI is InChI=1S/C6H10OS2/c1-4-3-8-6(9-4)5(2)7/h4,6H,3H2,1-2H3. The molecule has 1 saturated heterocycles. The third kappa shape index (κ3) is 1.90. The molecule has 0 amide bonds. The maximum atomic E-state index is 10.7. The molecule has 0 aromatic carbocycles. The van der Waals surface area contributed by atoms with Crippen molar-refractivity contribution in [1.82, 2.24) is 0 Å². The summed E-state index contributed by atoms with van der Waals surface area (Å²) in [5, 5.41) is 0.670. The number of Topliss-reactive ketones (excluding diaryl/α,β-unsaturated/α-hetero) is 1. The van der Waals surface area contributed by atoms with E-state index in [1.165, 1.54) is 0 Å². The molecule has 1 rings (SSSR count). The highest BCUT2D eigenvalue weighted by atomic mass is 32.2. The minimum atomic E-state index is 0.236. The third-order valence-electron chi connectivity index (χ3n) is 1.17. The Bertz CT molecular complexity index is 124. The van der Waals surface area contributed by atoms with Gasteiger partial charge in [0.15, 0.2) is 5.78 Å². The maximum absolute atomic E-state index is 10.7. The van der Waals surface area contributed by atoms with E-state index in [1.54, 1.807) is 30.4 Å². The lowest BCUT2D eigenvalue weighted by Gasteiger charge is -2.00. The molecule has 52 valence electrons. The minimum absolute atomic E-state index is 0.236. The lowest BCUT2D eigenvalue weighted by Crippen LogP contribution is -2.04. The van der Waals surface area contributed by atoms with E-state index in [0.29, 0.717) is 11.0 Å². The van der Waals surface area contributed by atoms with Crippen LogP contribution in [0.4, 0.5) is 0 Å². The normalized spacial score (nSPS) is 34.9. The van der Waals surface area contributed by atoms with Crippen LogP contribution < -0.4 is 0 Å². The molecule has 0 aromatic rings. The molecule has 0 bridgehead atoms. The SMILES string of the molecule is CC(=O)C1SCC(C)S1. The summed E-state index contributed by atoms with van der Waals surface area (Å²) >= 11 is 3.56. The zero-order chi connectivity index (χ0) is 6.85. The molecular formula is C6H10OS2. The van der Waals surface area contributed by atoms with Crippen LogP contribution >= 0.6 is 23.5 Å². The number of ketones is 1. The average Bonchev–Trinajstić information content (AvgIpc) is 2.14. The Balaban J connectivity index is 2.39. The van der Waals surface area contributed by atoms with Crippen molar-refractivity contribution >= 4 is 29.3 Å². The zero-order valence-electron chi connectivity index (χ0n) is 5.59. The van der Waals surface area contributed by atoms with Gasteiger partial charge in [0.25, 0.3) is 0 Å². The Hall–Kier alpha value is 0.370. The summed E-state index contributed by atoms with van der Waals surface area (Å²) in [5.74, 6) is 1.45. The van der Waals surface area contributed by atoms with E-state index in [1.807, 2.05) is 0 Å². The van der Waals surface area contributed by atoms with Crippen molar-refractivity contribution in [2.45, 2.75) is 23.7 Å². The van der Waals surface area contributed by atoms with E-state index in [0.717, 1.165) is 5.75 Å². The third-order valence-corrected chi connectivity index (χ3v) is 4.66. The van der Waals surface area contributed by atoms with Crippen molar-refractivity contribution in [3.8, 4) is 0 Å². The zero-order valence-corrected chi connectivity index (χ0v) is 7.22. The largest absolute Gasteiger partial charge is 0.298 e. The minimum Gasteiger partial charge on any atom is -0.298 e. The molecule has 2 atom stereocenters. The molecule has 0 aliphatic carbocycles. The van der Waals surface area contributed by atoms with Crippen LogP contribution in [-0.4, -0.2) is 21.4 Å². The number of rotatable bonds is 1. The van der Waals surface area contributed by atoms with Crippen molar-refractivity contribution in [3.05, 3.63) is 0 Å². The number of thioether (sulfide) groups is 2. The molecule has 0 spiro atoms. The Kier molecular flexibility index (Phi) is 2.47. The van der Waals surface area contributed by atoms with E-state index in [4.69, 9.17) is 0 Å². The number of carbonyl (C=O) groups excluding carboxylic acids is 1. The molecule has 3 heteroatoms. The summed E-state index contributed by atoms with van der Waals surface area (Å²) in [7, 11) is 0. The first-order chi connectivity index (χ1) is 4.20. The molecule has 1 nitrogen and oxygen atoms in total. The topological polar surface area (TPSA) is 17.1 Å². The first kappa shape index (κ1) is 7.48. The fraction of sp³-hybridized carbons (Fsp3) is 0.833. The van der Waals surface area contributed by atoms with Gasteiger partial charge in [0.1, 0.15) is 4.58 Å². The summed E-state index contributed by atoms with van der Waals surface area (Å²) in [6.45, 7) is 3.84. The molecule has 1 aliphatic rings. The van der Waals surface area contributed by atoms with Crippen molar-refractivity contribution in [2.75, 3.05) is 5.75 Å². The van der Waals surface area contributed by atoms with Gasteiger partial charge < -0.3 is 0 Å². The van der Waals surface area contributed by atoms with E-state index < -0.39 is 0 Å². The Morgan fingerprint density at radius 1 is 1.67 bits per heavy atom. The molecule has 0 aromatic heterocycles. The van der Waals surface area contributed by atoms with Gasteiger partial charge in [0, 0.05) is 11.0 Å². The van der Waals surface area contributed by atoms with Crippen molar-refractivity contribution in [1.29, 1.82) is 0 Å². The predicted octanol–water partition coefficient (Wildman–Crippen LogP) is 1.77. The molecule has 0 saturated carbocycles. The van der Waals surface area contributed by atoms with Crippen LogP contribution in [0.5, 0.6) is 0 Å². The second-order valence-corrected chi connectivity index (χ2v) is 5.21. The fourth-order valence-electron chi connectivity index (χ4n) is 0.726. The Morgan fingerprint density at radius 2 is 2.33 bits per heavy atom. The Morgan fingerprint density at radius 3 is 2.56 bits per heavy atom. The van der Waals surface area contributed by atoms with Gasteiger partial charge in [-0.1, -0.05) is 6.92 Å². The van der Waals surface area contributed by atoms with Crippen LogP contribution in [0.1, 0.15) is 13.8 Å². The predicted molar refractivity (Wildman–Crippen MR) is 44.0 cm³/mol. The number of hydrogen-bond acceptors (Lipinski definition) is 3. The second kappa shape index (κ2) is 2.97. The van der Waals surface area contributed by atoms with Crippen molar-refractivity contribution in [3.63, 3.8) is 0 Å². The summed E-state index contributed by atoms with van der Waals surface area (Å²) in [5.41, 5.74) is 0. The first-order valence-corrected chi connectivity index (χ1v) is 4.97. The van der Waals surface area contributed by atoms with Gasteiger partial charge in [-0.15, -0.1) is 23.5 Å². The van der Waals surface area contributed by atoms with Gasteiger partial charge >= 0.3 is 0 Å². The molecular weight excluding hydrogens is 152 g/mol. The highest BCUT2D eigenvalue weighted by molar-refractivity contribution is 8.21. The van der Waals surface area contributed by atoms with E-state index >= 15 is 0 Å². The van der Waals surface area contributed by atoms with E-state index in [-0.39, 0.29) is 4.58 Å². The van der Waals surface area contributed by atoms with Crippen LogP contribution in [0.2, 0.25) is 0 Å². The summed E-state index contributed by atoms with van der Waals surface area (Å²) in [6.07, 6.45) is 0. The molecule has 1 fully saturated rings. The fourth-order valence-corrected chi connectivity index (χ4v) is 3.69. The molecule has 0 radical (unpaired) electrons. The average molecular weight is 162 g/mol. The smallest absolute Gasteiger partial charge is 0.152 e. The molecule has 2 unspecified atom stereocenters. The number of hydrogen-bond donors (Lipinski definition) is 0. The monoisotopic (exact) mass is 162 g/mol. The quantitative estimate of drug-likeness (QED) is 0.585. The highest BCUT2D eigenvalue weighted by Gasteiger charge is 2.25. The summed E-state index contributed by atoms with van der Waals surface area (Å²) in [6, 6.07) is 0. The van der Waals surface area contributed by atoms with Gasteiger partial charge in [-0.05, 0) is 6.92 Å². The second-order valence-electron chi connectivity index (χ2n) is 2.22. The number of carbonyl (C=O) groups is 1. The molecule has 1 aliphatic heterocycles. The lowest BCUT2D eigenvalue weighted by atomic mass is 10.5. The molecule has 0 N–H and O–H groups in total. The molecule has 9 heavy (non-hydrogen) atoms. The van der Waals surface area contributed by atoms with Crippen LogP contribution in [0.3, 0.4) is 0 Å². The van der Waals surface area contributed by atoms with Crippen LogP contribution in [0, 0.1) is 0 Å². The van der Waals surface area contributed by atoms with Gasteiger partial charge in [0.05, 0.1) is 0 Å². The highest BCUT2D eigenvalue weighted by Crippen LogP contribution is 2.37. The molecule has 1 heterocycles. The van der Waals surface area contributed by atoms with Crippen LogP contribution in [0.25, 0.3) is 0 Å². The van der Waals surface area contributed by atoms with Gasteiger partial charge in [-0.3, -0.25) is 4.79 Å².